The summed E-state index contributed by atoms with van der Waals surface area (Å²) in [5, 5.41) is 19.9. The molecule has 0 unspecified atom stereocenters. The smallest absolute Gasteiger partial charge is 0.313 e. The maximum atomic E-state index is 11.3. The molecule has 0 radical (unpaired) electrons. The molecule has 0 aliphatic carbocycles. The first kappa shape index (κ1) is 15.2. The average Bonchev–Trinajstić information content (AvgIpc) is 2.14. The molecular weight excluding hydrogens is 230 g/mol. The number of carbonyl (C=O) groups is 2. The number of hydrogen-bond donors (Lipinski definition) is 3. The Labute approximate surface area is 99.6 Å². The Morgan fingerprint density at radius 1 is 1.31 bits per heavy atom. The molecule has 94 valence electrons. The number of carbonyl (C=O) groups excluding carboxylic acids is 1. The van der Waals surface area contributed by atoms with Crippen molar-refractivity contribution in [3.8, 4) is 0 Å². The number of carboxylic acids is 1. The molecule has 0 aromatic heterocycles. The fourth-order valence-corrected chi connectivity index (χ4v) is 1.58. The number of hydrogen-bond acceptors (Lipinski definition) is 4. The van der Waals surface area contributed by atoms with E-state index in [0.717, 1.165) is 11.8 Å². The number of aliphatic hydroxyl groups is 1. The van der Waals surface area contributed by atoms with Crippen molar-refractivity contribution >= 4 is 23.6 Å². The molecule has 0 atom stereocenters. The molecule has 0 aromatic carbocycles. The fourth-order valence-electron chi connectivity index (χ4n) is 1.01. The Morgan fingerprint density at radius 3 is 2.44 bits per heavy atom. The Balaban J connectivity index is 3.68. The Bertz CT molecular complexity index is 243. The zero-order chi connectivity index (χ0) is 12.6. The summed E-state index contributed by atoms with van der Waals surface area (Å²) in [7, 11) is 0. The lowest BCUT2D eigenvalue weighted by molar-refractivity contribution is -0.133. The summed E-state index contributed by atoms with van der Waals surface area (Å²) in [5.41, 5.74) is -0.137. The lowest BCUT2D eigenvalue weighted by atomic mass is 9.90. The number of carboxylic acid groups (broad SMARTS) is 1. The highest BCUT2D eigenvalue weighted by Gasteiger charge is 2.17. The van der Waals surface area contributed by atoms with E-state index in [1.807, 2.05) is 13.8 Å². The molecule has 0 heterocycles. The molecule has 1 amide bonds. The van der Waals surface area contributed by atoms with Crippen molar-refractivity contribution in [2.75, 3.05) is 24.7 Å². The fraction of sp³-hybridized carbons (Fsp3) is 0.800. The van der Waals surface area contributed by atoms with E-state index >= 15 is 0 Å². The van der Waals surface area contributed by atoms with Gasteiger partial charge < -0.3 is 15.5 Å². The first-order valence-electron chi connectivity index (χ1n) is 5.04. The zero-order valence-electron chi connectivity index (χ0n) is 9.65. The molecule has 0 bridgehead atoms. The number of aliphatic carboxylic acids is 1. The van der Waals surface area contributed by atoms with Gasteiger partial charge in [0.05, 0.1) is 11.5 Å². The van der Waals surface area contributed by atoms with Crippen LogP contribution in [-0.2, 0) is 9.59 Å². The van der Waals surface area contributed by atoms with Crippen LogP contribution < -0.4 is 5.32 Å². The largest absolute Gasteiger partial charge is 0.481 e. The lowest BCUT2D eigenvalue weighted by Crippen LogP contribution is -2.35. The molecule has 0 saturated carbocycles. The van der Waals surface area contributed by atoms with Crippen LogP contribution in [0.5, 0.6) is 0 Å². The molecule has 0 rings (SSSR count). The van der Waals surface area contributed by atoms with E-state index in [1.54, 1.807) is 0 Å². The second kappa shape index (κ2) is 7.51. The van der Waals surface area contributed by atoms with Crippen LogP contribution in [0.4, 0.5) is 0 Å². The van der Waals surface area contributed by atoms with Gasteiger partial charge in [-0.2, -0.15) is 0 Å². The van der Waals surface area contributed by atoms with Crippen molar-refractivity contribution in [3.63, 3.8) is 0 Å². The van der Waals surface area contributed by atoms with Gasteiger partial charge in [-0.1, -0.05) is 13.8 Å². The SMILES string of the molecule is CC(C)(CCO)CNC(=O)CSCC(=O)O. The molecule has 5 nitrogen and oxygen atoms in total. The number of thioether (sulfide) groups is 1. The number of amides is 1. The maximum Gasteiger partial charge on any atom is 0.313 e. The molecule has 0 aromatic rings. The second-order valence-corrected chi connectivity index (χ2v) is 5.29. The molecule has 0 aliphatic heterocycles. The molecule has 0 aliphatic rings. The normalized spacial score (nSPS) is 11.2. The van der Waals surface area contributed by atoms with Crippen LogP contribution in [-0.4, -0.2) is 46.7 Å². The summed E-state index contributed by atoms with van der Waals surface area (Å²) >= 11 is 1.07. The van der Waals surface area contributed by atoms with Gasteiger partial charge in [0.1, 0.15) is 0 Å². The average molecular weight is 249 g/mol. The van der Waals surface area contributed by atoms with E-state index in [9.17, 15) is 9.59 Å². The van der Waals surface area contributed by atoms with Gasteiger partial charge in [-0.3, -0.25) is 9.59 Å². The molecule has 0 spiro atoms. The third-order valence-electron chi connectivity index (χ3n) is 2.01. The van der Waals surface area contributed by atoms with Crippen LogP contribution in [0.25, 0.3) is 0 Å². The second-order valence-electron chi connectivity index (χ2n) is 4.30. The van der Waals surface area contributed by atoms with E-state index in [4.69, 9.17) is 10.2 Å². The predicted octanol–water partition coefficient (Wildman–Crippen LogP) is 0.329. The van der Waals surface area contributed by atoms with Crippen molar-refractivity contribution < 1.29 is 19.8 Å². The van der Waals surface area contributed by atoms with Gasteiger partial charge in [0.2, 0.25) is 5.91 Å². The van der Waals surface area contributed by atoms with Crippen LogP contribution in [0.15, 0.2) is 0 Å². The van der Waals surface area contributed by atoms with Crippen LogP contribution in [0.3, 0.4) is 0 Å². The van der Waals surface area contributed by atoms with Crippen LogP contribution >= 0.6 is 11.8 Å². The zero-order valence-corrected chi connectivity index (χ0v) is 10.5. The van der Waals surface area contributed by atoms with Gasteiger partial charge in [-0.05, 0) is 11.8 Å². The number of nitrogens with one attached hydrogen (secondary N) is 1. The van der Waals surface area contributed by atoms with Gasteiger partial charge >= 0.3 is 5.97 Å². The van der Waals surface area contributed by atoms with Gasteiger partial charge in [0.15, 0.2) is 0 Å². The predicted molar refractivity (Wildman–Crippen MR) is 63.5 cm³/mol. The highest BCUT2D eigenvalue weighted by molar-refractivity contribution is 8.00. The third kappa shape index (κ3) is 8.55. The Morgan fingerprint density at radius 2 is 1.94 bits per heavy atom. The Hall–Kier alpha value is -0.750. The van der Waals surface area contributed by atoms with Crippen LogP contribution in [0.2, 0.25) is 0 Å². The summed E-state index contributed by atoms with van der Waals surface area (Å²) in [5.74, 6) is -0.995. The summed E-state index contributed by atoms with van der Waals surface area (Å²) in [6.07, 6.45) is 0.621. The molecule has 0 saturated heterocycles. The van der Waals surface area contributed by atoms with E-state index in [-0.39, 0.29) is 29.4 Å². The minimum Gasteiger partial charge on any atom is -0.481 e. The minimum absolute atomic E-state index is 0.0621. The molecule has 16 heavy (non-hydrogen) atoms. The Kier molecular flexibility index (Phi) is 7.16. The van der Waals surface area contributed by atoms with Gasteiger partial charge in [0, 0.05) is 13.2 Å². The first-order chi connectivity index (χ1) is 7.37. The molecular formula is C10H19NO4S. The van der Waals surface area contributed by atoms with Crippen molar-refractivity contribution in [1.29, 1.82) is 0 Å². The van der Waals surface area contributed by atoms with Gasteiger partial charge in [0.25, 0.3) is 0 Å². The highest BCUT2D eigenvalue weighted by atomic mass is 32.2. The monoisotopic (exact) mass is 249 g/mol. The first-order valence-corrected chi connectivity index (χ1v) is 6.20. The number of aliphatic hydroxyl groups excluding tert-OH is 1. The van der Waals surface area contributed by atoms with E-state index in [2.05, 4.69) is 5.32 Å². The molecule has 0 fully saturated rings. The minimum atomic E-state index is -0.918. The molecule has 6 heteroatoms. The molecule has 3 N–H and O–H groups in total. The lowest BCUT2D eigenvalue weighted by Gasteiger charge is -2.23. The summed E-state index contributed by atoms with van der Waals surface area (Å²) in [6, 6.07) is 0. The third-order valence-corrected chi connectivity index (χ3v) is 2.93. The summed E-state index contributed by atoms with van der Waals surface area (Å²) in [6.45, 7) is 4.48. The highest BCUT2D eigenvalue weighted by Crippen LogP contribution is 2.17. The van der Waals surface area contributed by atoms with E-state index in [0.29, 0.717) is 13.0 Å². The topological polar surface area (TPSA) is 86.6 Å². The number of rotatable bonds is 8. The van der Waals surface area contributed by atoms with Crippen molar-refractivity contribution in [2.45, 2.75) is 20.3 Å². The quantitative estimate of drug-likeness (QED) is 0.577. The maximum absolute atomic E-state index is 11.3. The van der Waals surface area contributed by atoms with Crippen LogP contribution in [0.1, 0.15) is 20.3 Å². The summed E-state index contributed by atoms with van der Waals surface area (Å²) < 4.78 is 0. The standard InChI is InChI=1S/C10H19NO4S/c1-10(2,3-4-12)7-11-8(13)5-16-6-9(14)15/h12H,3-7H2,1-2H3,(H,11,13)(H,14,15). The van der Waals surface area contributed by atoms with E-state index < -0.39 is 5.97 Å². The van der Waals surface area contributed by atoms with Crippen molar-refractivity contribution in [3.05, 3.63) is 0 Å². The van der Waals surface area contributed by atoms with Crippen molar-refractivity contribution in [2.24, 2.45) is 5.41 Å². The van der Waals surface area contributed by atoms with Gasteiger partial charge in [-0.15, -0.1) is 11.8 Å². The van der Waals surface area contributed by atoms with Crippen LogP contribution in [0, 0.1) is 5.41 Å². The van der Waals surface area contributed by atoms with E-state index in [1.165, 1.54) is 0 Å². The van der Waals surface area contributed by atoms with Crippen molar-refractivity contribution in [1.82, 2.24) is 5.32 Å². The van der Waals surface area contributed by atoms with Gasteiger partial charge in [-0.25, -0.2) is 0 Å². The summed E-state index contributed by atoms with van der Waals surface area (Å²) in [4.78, 5) is 21.5.